The van der Waals surface area contributed by atoms with Crippen molar-refractivity contribution < 1.29 is 0 Å². The number of benzene rings is 1. The Hall–Kier alpha value is -2.71. The lowest BCUT2D eigenvalue weighted by Gasteiger charge is -2.12. The monoisotopic (exact) mass is 407 g/mol. The lowest BCUT2D eigenvalue weighted by atomic mass is 10.2. The van der Waals surface area contributed by atoms with E-state index < -0.39 is 0 Å². The molecule has 1 fully saturated rings. The van der Waals surface area contributed by atoms with Crippen LogP contribution in [-0.4, -0.2) is 39.2 Å². The molecule has 1 saturated heterocycles. The average molecular weight is 408 g/mol. The van der Waals surface area contributed by atoms with E-state index in [9.17, 15) is 0 Å². The highest BCUT2D eigenvalue weighted by molar-refractivity contribution is 7.18. The number of piperidine rings is 1. The molecule has 8 heteroatoms. The SMILES string of the molecule is C1CCNCC1.Cc1nc2ccc(Nc3c4c(nc5ccnn35)NCC4)cc2s1. The Morgan fingerprint density at radius 1 is 1.07 bits per heavy atom. The van der Waals surface area contributed by atoms with E-state index in [0.29, 0.717) is 0 Å². The maximum absolute atomic E-state index is 4.61. The van der Waals surface area contributed by atoms with E-state index in [1.807, 2.05) is 17.5 Å². The van der Waals surface area contributed by atoms with Crippen molar-refractivity contribution in [2.24, 2.45) is 0 Å². The van der Waals surface area contributed by atoms with Crippen molar-refractivity contribution in [1.82, 2.24) is 24.9 Å². The minimum Gasteiger partial charge on any atom is -0.369 e. The molecular formula is C21H25N7S. The van der Waals surface area contributed by atoms with Gasteiger partial charge >= 0.3 is 0 Å². The number of nitrogens with one attached hydrogen (secondary N) is 3. The summed E-state index contributed by atoms with van der Waals surface area (Å²) in [4.78, 5) is 9.13. The first-order valence-electron chi connectivity index (χ1n) is 10.2. The Morgan fingerprint density at radius 3 is 2.76 bits per heavy atom. The van der Waals surface area contributed by atoms with Crippen molar-refractivity contribution in [2.75, 3.05) is 30.3 Å². The van der Waals surface area contributed by atoms with E-state index in [1.54, 1.807) is 17.5 Å². The molecule has 2 aliphatic rings. The molecule has 0 aliphatic carbocycles. The molecule has 0 saturated carbocycles. The molecule has 29 heavy (non-hydrogen) atoms. The number of hydrogen-bond donors (Lipinski definition) is 3. The Morgan fingerprint density at radius 2 is 1.97 bits per heavy atom. The van der Waals surface area contributed by atoms with Gasteiger partial charge in [-0.15, -0.1) is 11.3 Å². The van der Waals surface area contributed by atoms with E-state index in [4.69, 9.17) is 0 Å². The molecule has 6 rings (SSSR count). The lowest BCUT2D eigenvalue weighted by molar-refractivity contribution is 0.520. The van der Waals surface area contributed by atoms with Crippen LogP contribution in [0.3, 0.4) is 0 Å². The topological polar surface area (TPSA) is 79.2 Å². The third-order valence-corrected chi connectivity index (χ3v) is 6.20. The summed E-state index contributed by atoms with van der Waals surface area (Å²) in [5.41, 5.74) is 4.11. The quantitative estimate of drug-likeness (QED) is 0.464. The summed E-state index contributed by atoms with van der Waals surface area (Å²) in [5.74, 6) is 1.94. The van der Waals surface area contributed by atoms with Crippen LogP contribution in [0, 0.1) is 6.92 Å². The highest BCUT2D eigenvalue weighted by atomic mass is 32.1. The van der Waals surface area contributed by atoms with Gasteiger partial charge < -0.3 is 16.0 Å². The van der Waals surface area contributed by atoms with Crippen molar-refractivity contribution in [3.05, 3.63) is 41.0 Å². The summed E-state index contributed by atoms with van der Waals surface area (Å²) in [7, 11) is 0. The van der Waals surface area contributed by atoms with Gasteiger partial charge in [0.1, 0.15) is 11.6 Å². The van der Waals surface area contributed by atoms with Crippen molar-refractivity contribution in [2.45, 2.75) is 32.6 Å². The maximum atomic E-state index is 4.61. The molecule has 0 radical (unpaired) electrons. The third-order valence-electron chi connectivity index (χ3n) is 5.27. The van der Waals surface area contributed by atoms with Gasteiger partial charge in [-0.25, -0.2) is 9.97 Å². The van der Waals surface area contributed by atoms with Crippen LogP contribution in [-0.2, 0) is 6.42 Å². The fourth-order valence-electron chi connectivity index (χ4n) is 3.85. The largest absolute Gasteiger partial charge is 0.369 e. The first-order valence-corrected chi connectivity index (χ1v) is 11.0. The predicted molar refractivity (Wildman–Crippen MR) is 120 cm³/mol. The zero-order chi connectivity index (χ0) is 19.6. The van der Waals surface area contributed by atoms with Crippen LogP contribution < -0.4 is 16.0 Å². The summed E-state index contributed by atoms with van der Waals surface area (Å²) in [6, 6.07) is 8.18. The van der Waals surface area contributed by atoms with Gasteiger partial charge in [0.15, 0.2) is 5.65 Å². The second-order valence-corrected chi connectivity index (χ2v) is 8.65. The van der Waals surface area contributed by atoms with Crippen LogP contribution in [0.15, 0.2) is 30.5 Å². The Labute approximate surface area is 173 Å². The van der Waals surface area contributed by atoms with Crippen LogP contribution in [0.2, 0.25) is 0 Å². The molecular weight excluding hydrogens is 382 g/mol. The number of hydrogen-bond acceptors (Lipinski definition) is 7. The molecule has 0 amide bonds. The molecule has 1 aromatic carbocycles. The molecule has 0 spiro atoms. The van der Waals surface area contributed by atoms with Gasteiger partial charge in [-0.2, -0.15) is 9.61 Å². The highest BCUT2D eigenvalue weighted by Gasteiger charge is 2.20. The summed E-state index contributed by atoms with van der Waals surface area (Å²) in [6.07, 6.45) is 6.94. The number of anilines is 3. The molecule has 4 aromatic rings. The molecule has 7 nitrogen and oxygen atoms in total. The zero-order valence-electron chi connectivity index (χ0n) is 16.5. The highest BCUT2D eigenvalue weighted by Crippen LogP contribution is 2.32. The van der Waals surface area contributed by atoms with E-state index in [2.05, 4.69) is 49.2 Å². The Balaban J connectivity index is 0.000000262. The maximum Gasteiger partial charge on any atom is 0.159 e. The van der Waals surface area contributed by atoms with Gasteiger partial charge in [-0.1, -0.05) is 6.42 Å². The van der Waals surface area contributed by atoms with Crippen LogP contribution in [0.1, 0.15) is 29.8 Å². The molecule has 0 unspecified atom stereocenters. The van der Waals surface area contributed by atoms with E-state index in [-0.39, 0.29) is 0 Å². The number of fused-ring (bicyclic) bond motifs is 3. The van der Waals surface area contributed by atoms with Crippen molar-refractivity contribution in [1.29, 1.82) is 0 Å². The molecule has 0 bridgehead atoms. The van der Waals surface area contributed by atoms with E-state index in [0.717, 1.165) is 46.5 Å². The second kappa shape index (κ2) is 7.96. The molecule has 3 N–H and O–H groups in total. The zero-order valence-corrected chi connectivity index (χ0v) is 17.4. The van der Waals surface area contributed by atoms with Gasteiger partial charge in [0.05, 0.1) is 21.4 Å². The number of thiazole rings is 1. The molecule has 3 aromatic heterocycles. The molecule has 2 aliphatic heterocycles. The number of nitrogens with zero attached hydrogens (tertiary/aromatic N) is 4. The minimum atomic E-state index is 0.843. The Bertz CT molecular complexity index is 1130. The predicted octanol–water partition coefficient (Wildman–Crippen LogP) is 4.12. The summed E-state index contributed by atoms with van der Waals surface area (Å²) in [6.45, 7) is 5.45. The van der Waals surface area contributed by atoms with E-state index >= 15 is 0 Å². The van der Waals surface area contributed by atoms with Crippen LogP contribution in [0.5, 0.6) is 0 Å². The Kier molecular flexibility index (Phi) is 5.03. The molecule has 150 valence electrons. The molecule has 5 heterocycles. The van der Waals surface area contributed by atoms with Crippen LogP contribution in [0.4, 0.5) is 17.3 Å². The summed E-state index contributed by atoms with van der Waals surface area (Å²) < 4.78 is 3.06. The first-order chi connectivity index (χ1) is 14.3. The fraction of sp³-hybridized carbons (Fsp3) is 0.381. The second-order valence-electron chi connectivity index (χ2n) is 7.42. The smallest absolute Gasteiger partial charge is 0.159 e. The average Bonchev–Trinajstić information content (AvgIpc) is 3.48. The van der Waals surface area contributed by atoms with Crippen LogP contribution in [0.25, 0.3) is 15.9 Å². The lowest BCUT2D eigenvalue weighted by Crippen LogP contribution is -2.21. The van der Waals surface area contributed by atoms with Crippen LogP contribution >= 0.6 is 11.3 Å². The van der Waals surface area contributed by atoms with Gasteiger partial charge in [0.25, 0.3) is 0 Å². The van der Waals surface area contributed by atoms with Gasteiger partial charge in [-0.05, 0) is 57.5 Å². The first kappa shape index (κ1) is 18.3. The summed E-state index contributed by atoms with van der Waals surface area (Å²) >= 11 is 1.71. The standard InChI is InChI=1S/C16H14N6S.C5H11N/c1-9-19-12-3-2-10(8-13(12)23-9)20-16-11-4-6-17-15(11)21-14-5-7-18-22(14)16;1-2-4-6-5-3-1/h2-3,5,7-8,20H,4,6H2,1H3,(H,17,21);6H,1-5H2. The van der Waals surface area contributed by atoms with Gasteiger partial charge in [0, 0.05) is 23.9 Å². The normalized spacial score (nSPS) is 15.6. The summed E-state index contributed by atoms with van der Waals surface area (Å²) in [5, 5.41) is 15.7. The molecule has 0 atom stereocenters. The number of rotatable bonds is 2. The van der Waals surface area contributed by atoms with Crippen molar-refractivity contribution in [3.63, 3.8) is 0 Å². The third kappa shape index (κ3) is 3.77. The van der Waals surface area contributed by atoms with Gasteiger partial charge in [-0.3, -0.25) is 0 Å². The number of aromatic nitrogens is 4. The number of aryl methyl sites for hydroxylation is 1. The minimum absolute atomic E-state index is 0.843. The van der Waals surface area contributed by atoms with E-state index in [1.165, 1.54) is 42.6 Å². The van der Waals surface area contributed by atoms with Gasteiger partial charge in [0.2, 0.25) is 0 Å². The van der Waals surface area contributed by atoms with Crippen molar-refractivity contribution in [3.8, 4) is 0 Å². The van der Waals surface area contributed by atoms with Crippen molar-refractivity contribution >= 4 is 44.5 Å². The fourth-order valence-corrected chi connectivity index (χ4v) is 4.72.